The second kappa shape index (κ2) is 10.4. The molecule has 1 aromatic heterocycles. The Labute approximate surface area is 187 Å². The van der Waals surface area contributed by atoms with E-state index in [0.29, 0.717) is 11.3 Å². The van der Waals surface area contributed by atoms with Crippen LogP contribution in [0.15, 0.2) is 35.6 Å². The molecule has 1 heterocycles. The number of ether oxygens (including phenoxy) is 2. The fourth-order valence-electron chi connectivity index (χ4n) is 2.61. The summed E-state index contributed by atoms with van der Waals surface area (Å²) >= 11 is 0. The maximum atomic E-state index is 12.4. The smallest absolute Gasteiger partial charge is 0.412 e. The summed E-state index contributed by atoms with van der Waals surface area (Å²) in [6, 6.07) is 6.09. The van der Waals surface area contributed by atoms with Crippen molar-refractivity contribution in [1.29, 1.82) is 0 Å². The van der Waals surface area contributed by atoms with Crippen LogP contribution in [0, 0.1) is 0 Å². The maximum Gasteiger partial charge on any atom is 0.412 e. The summed E-state index contributed by atoms with van der Waals surface area (Å²) in [6.07, 6.45) is -3.28. The lowest BCUT2D eigenvalue weighted by molar-refractivity contribution is -0.323. The summed E-state index contributed by atoms with van der Waals surface area (Å²) in [7, 11) is 4.01. The first-order valence-corrected chi connectivity index (χ1v) is 9.06. The Hall–Kier alpha value is -4.18. The molecule has 0 aliphatic rings. The van der Waals surface area contributed by atoms with E-state index in [9.17, 15) is 9.59 Å². The van der Waals surface area contributed by atoms with E-state index in [1.54, 1.807) is 23.5 Å². The fraction of sp³-hybridized carbons (Fsp3) is 0.222. The first-order valence-electron chi connectivity index (χ1n) is 9.06. The minimum Gasteiger partial charge on any atom is -0.494 e. The summed E-state index contributed by atoms with van der Waals surface area (Å²) in [5.74, 6) is 4.65. The molecule has 2 aromatic rings. The Kier molecular flexibility index (Phi) is 7.92. The average molecular weight is 464 g/mol. The number of hydrogen-bond donors (Lipinski definition) is 8. The van der Waals surface area contributed by atoms with Crippen molar-refractivity contribution < 1.29 is 34.4 Å². The van der Waals surface area contributed by atoms with Crippen LogP contribution in [0.5, 0.6) is 5.75 Å². The van der Waals surface area contributed by atoms with Crippen molar-refractivity contribution in [3.8, 4) is 5.75 Å². The van der Waals surface area contributed by atoms with Crippen LogP contribution < -0.4 is 32.3 Å². The highest BCUT2D eigenvalue weighted by Crippen LogP contribution is 2.33. The SMILES string of the molecule is COC(=O)Nc1cc(Nc2cccc(/C(N)=N/N(C)N)c2OC)c(C(=O)NC(O)(O)O)cn1. The van der Waals surface area contributed by atoms with Crippen LogP contribution in [0.1, 0.15) is 15.9 Å². The highest BCUT2D eigenvalue weighted by atomic mass is 16.7. The van der Waals surface area contributed by atoms with Gasteiger partial charge in [-0.1, -0.05) is 6.07 Å². The van der Waals surface area contributed by atoms with E-state index >= 15 is 0 Å². The van der Waals surface area contributed by atoms with Crippen molar-refractivity contribution in [2.75, 3.05) is 31.9 Å². The number of hydrazine groups is 1. The summed E-state index contributed by atoms with van der Waals surface area (Å²) in [6.45, 7) is 0. The number of aliphatic hydroxyl groups is 3. The molecule has 2 rings (SSSR count). The molecule has 0 aliphatic heterocycles. The minimum absolute atomic E-state index is 0.00915. The number of benzene rings is 1. The number of nitrogens with two attached hydrogens (primary N) is 2. The van der Waals surface area contributed by atoms with Gasteiger partial charge < -0.3 is 35.8 Å². The fourth-order valence-corrected chi connectivity index (χ4v) is 2.61. The molecule has 0 unspecified atom stereocenters. The van der Waals surface area contributed by atoms with Gasteiger partial charge in [-0.3, -0.25) is 15.4 Å². The van der Waals surface area contributed by atoms with E-state index < -0.39 is 18.1 Å². The molecule has 178 valence electrons. The molecule has 1 aromatic carbocycles. The molecule has 0 atom stereocenters. The molecule has 0 bridgehead atoms. The first kappa shape index (κ1) is 25.1. The van der Waals surface area contributed by atoms with Crippen molar-refractivity contribution in [2.24, 2.45) is 16.7 Å². The van der Waals surface area contributed by atoms with Crippen LogP contribution >= 0.6 is 0 Å². The van der Waals surface area contributed by atoms with Crippen molar-refractivity contribution in [1.82, 2.24) is 15.4 Å². The number of pyridine rings is 1. The van der Waals surface area contributed by atoms with E-state index in [2.05, 4.69) is 25.5 Å². The zero-order chi connectivity index (χ0) is 24.8. The molecular formula is C18H24N8O7. The Morgan fingerprint density at radius 1 is 1.18 bits per heavy atom. The molecule has 15 heteroatoms. The van der Waals surface area contributed by atoms with Gasteiger partial charge >= 0.3 is 12.2 Å². The highest BCUT2D eigenvalue weighted by molar-refractivity contribution is 6.03. The molecule has 2 amide bonds. The van der Waals surface area contributed by atoms with Crippen LogP contribution in [0.2, 0.25) is 0 Å². The lowest BCUT2D eigenvalue weighted by Crippen LogP contribution is -2.48. The Morgan fingerprint density at radius 3 is 2.45 bits per heavy atom. The van der Waals surface area contributed by atoms with E-state index in [-0.39, 0.29) is 28.7 Å². The Bertz CT molecular complexity index is 1050. The number of nitrogens with zero attached hydrogens (tertiary/aromatic N) is 3. The Balaban J connectivity index is 2.56. The molecule has 0 fully saturated rings. The number of rotatable bonds is 8. The third-order valence-electron chi connectivity index (χ3n) is 3.88. The third kappa shape index (κ3) is 6.91. The third-order valence-corrected chi connectivity index (χ3v) is 3.88. The topological polar surface area (TPSA) is 230 Å². The van der Waals surface area contributed by atoms with Crippen LogP contribution in [0.25, 0.3) is 0 Å². The molecule has 0 saturated carbocycles. The average Bonchev–Trinajstić information content (AvgIpc) is 2.71. The van der Waals surface area contributed by atoms with Crippen molar-refractivity contribution in [3.63, 3.8) is 0 Å². The van der Waals surface area contributed by atoms with Crippen molar-refractivity contribution in [3.05, 3.63) is 41.6 Å². The number of aromatic nitrogens is 1. The van der Waals surface area contributed by atoms with Crippen molar-refractivity contribution >= 4 is 35.0 Å². The van der Waals surface area contributed by atoms with Gasteiger partial charge in [-0.05, 0) is 12.1 Å². The summed E-state index contributed by atoms with van der Waals surface area (Å²) in [4.78, 5) is 27.9. The monoisotopic (exact) mass is 464 g/mol. The lowest BCUT2D eigenvalue weighted by atomic mass is 10.1. The van der Waals surface area contributed by atoms with Gasteiger partial charge in [-0.25, -0.2) is 20.7 Å². The summed E-state index contributed by atoms with van der Waals surface area (Å²) in [5.41, 5.74) is 6.45. The first-order chi connectivity index (χ1) is 15.4. The quantitative estimate of drug-likeness (QED) is 0.0753. The number of nitrogens with one attached hydrogen (secondary N) is 3. The zero-order valence-corrected chi connectivity index (χ0v) is 17.9. The number of carbonyl (C=O) groups is 2. The van der Waals surface area contributed by atoms with Gasteiger partial charge in [0.15, 0.2) is 11.6 Å². The number of amides is 2. The molecule has 33 heavy (non-hydrogen) atoms. The normalized spacial score (nSPS) is 11.4. The molecule has 0 aliphatic carbocycles. The molecule has 10 N–H and O–H groups in total. The number of carbonyl (C=O) groups excluding carboxylic acids is 2. The number of anilines is 3. The van der Waals surface area contributed by atoms with Gasteiger partial charge in [-0.15, -0.1) is 5.10 Å². The lowest BCUT2D eigenvalue weighted by Gasteiger charge is -2.19. The maximum absolute atomic E-state index is 12.4. The van der Waals surface area contributed by atoms with Gasteiger partial charge in [0.25, 0.3) is 5.91 Å². The van der Waals surface area contributed by atoms with Crippen LogP contribution in [0.3, 0.4) is 0 Å². The van der Waals surface area contributed by atoms with Crippen LogP contribution in [-0.2, 0) is 4.74 Å². The minimum atomic E-state index is -3.48. The van der Waals surface area contributed by atoms with Gasteiger partial charge in [0.05, 0.1) is 36.7 Å². The van der Waals surface area contributed by atoms with Gasteiger partial charge in [-0.2, -0.15) is 0 Å². The predicted octanol–water partition coefficient (Wildman–Crippen LogP) is -1.24. The molecule has 15 nitrogen and oxygen atoms in total. The van der Waals surface area contributed by atoms with E-state index in [0.717, 1.165) is 18.4 Å². The number of amidine groups is 1. The number of para-hydroxylation sites is 1. The predicted molar refractivity (Wildman–Crippen MR) is 116 cm³/mol. The van der Waals surface area contributed by atoms with Gasteiger partial charge in [0.2, 0.25) is 0 Å². The van der Waals surface area contributed by atoms with Gasteiger partial charge in [0.1, 0.15) is 5.82 Å². The largest absolute Gasteiger partial charge is 0.494 e. The zero-order valence-electron chi connectivity index (χ0n) is 17.9. The molecule has 0 spiro atoms. The number of methoxy groups -OCH3 is 2. The number of hydrazone groups is 1. The summed E-state index contributed by atoms with van der Waals surface area (Å²) in [5, 5.41) is 39.0. The van der Waals surface area contributed by atoms with E-state index in [1.165, 1.54) is 20.2 Å². The van der Waals surface area contributed by atoms with E-state index in [4.69, 9.17) is 31.6 Å². The second-order valence-electron chi connectivity index (χ2n) is 6.39. The number of hydrogen-bond acceptors (Lipinski definition) is 12. The molecular weight excluding hydrogens is 440 g/mol. The highest BCUT2D eigenvalue weighted by Gasteiger charge is 2.25. The molecule has 0 radical (unpaired) electrons. The standard InChI is InChI=1S/C18H24N8O7/c1-26(20)25-15(19)9-5-4-6-11(14(9)32-2)22-12-7-13(23-17(28)33-3)21-8-10(12)16(27)24-18(29,30)31/h4-8,29-31H,20H2,1-3H3,(H2,19,25)(H,24,27)(H2,21,22,23,28). The second-order valence-corrected chi connectivity index (χ2v) is 6.39. The van der Waals surface area contributed by atoms with Gasteiger partial charge in [0, 0.05) is 19.3 Å². The van der Waals surface area contributed by atoms with Crippen molar-refractivity contribution in [2.45, 2.75) is 6.10 Å². The van der Waals surface area contributed by atoms with E-state index in [1.807, 2.05) is 0 Å². The molecule has 0 saturated heterocycles. The van der Waals surface area contributed by atoms with Crippen LogP contribution in [0.4, 0.5) is 22.0 Å². The van der Waals surface area contributed by atoms with Crippen LogP contribution in [-0.4, -0.2) is 70.6 Å². The summed E-state index contributed by atoms with van der Waals surface area (Å²) < 4.78 is 9.95. The Morgan fingerprint density at radius 2 is 1.88 bits per heavy atom.